The van der Waals surface area contributed by atoms with E-state index in [2.05, 4.69) is 20.4 Å². The molecule has 6 rings (SSSR count). The number of benzene rings is 1. The summed E-state index contributed by atoms with van der Waals surface area (Å²) in [5.41, 5.74) is 0.885. The number of nitrogens with one attached hydrogen (secondary N) is 1. The average Bonchev–Trinajstić information content (AvgIpc) is 3.72. The van der Waals surface area contributed by atoms with Gasteiger partial charge in [0.1, 0.15) is 35.0 Å². The first-order valence-corrected chi connectivity index (χ1v) is 13.8. The molecule has 0 bridgehead atoms. The molecule has 204 valence electrons. The van der Waals surface area contributed by atoms with Crippen molar-refractivity contribution in [2.24, 2.45) is 11.8 Å². The van der Waals surface area contributed by atoms with Crippen LogP contribution in [0.1, 0.15) is 49.4 Å². The average molecular weight is 571 g/mol. The fourth-order valence-electron chi connectivity index (χ4n) is 5.64. The van der Waals surface area contributed by atoms with Crippen LogP contribution in [0.3, 0.4) is 0 Å². The molecule has 2 aliphatic carbocycles. The van der Waals surface area contributed by atoms with Crippen molar-refractivity contribution in [1.29, 1.82) is 0 Å². The van der Waals surface area contributed by atoms with Gasteiger partial charge in [-0.1, -0.05) is 0 Å². The Bertz CT molecular complexity index is 1460. The van der Waals surface area contributed by atoms with Gasteiger partial charge in [-0.15, -0.1) is 23.2 Å². The zero-order valence-corrected chi connectivity index (χ0v) is 23.0. The molecule has 3 fully saturated rings. The number of piperidine rings is 1. The molecule has 1 aliphatic heterocycles. The molecule has 3 aromatic rings. The third kappa shape index (κ3) is 5.07. The van der Waals surface area contributed by atoms with Gasteiger partial charge >= 0.3 is 0 Å². The maximum atomic E-state index is 13.6. The fourth-order valence-corrected chi connectivity index (χ4v) is 6.35. The van der Waals surface area contributed by atoms with E-state index in [1.165, 1.54) is 11.6 Å². The number of amides is 2. The van der Waals surface area contributed by atoms with Gasteiger partial charge in [0, 0.05) is 42.7 Å². The molecule has 1 aromatic carbocycles. The molecule has 2 aromatic heterocycles. The molecule has 39 heavy (non-hydrogen) atoms. The monoisotopic (exact) mass is 570 g/mol. The number of carbonyl (C=O) groups excluding carboxylic acids is 3. The molecule has 0 spiro atoms. The highest BCUT2D eigenvalue weighted by Gasteiger charge is 2.58. The van der Waals surface area contributed by atoms with E-state index < -0.39 is 10.4 Å². The van der Waals surface area contributed by atoms with Crippen molar-refractivity contribution in [3.05, 3.63) is 48.2 Å². The Balaban J connectivity index is 1.19. The van der Waals surface area contributed by atoms with Gasteiger partial charge in [0.2, 0.25) is 11.8 Å². The maximum Gasteiger partial charge on any atom is 0.245 e. The van der Waals surface area contributed by atoms with Gasteiger partial charge in [0.05, 0.1) is 5.52 Å². The number of nitrogens with zero attached hydrogens (tertiary/aromatic N) is 5. The van der Waals surface area contributed by atoms with Crippen LogP contribution < -0.4 is 10.1 Å². The molecule has 1 N–H and O–H groups in total. The Kier molecular flexibility index (Phi) is 6.50. The van der Waals surface area contributed by atoms with Crippen LogP contribution in [0.4, 0.5) is 0 Å². The van der Waals surface area contributed by atoms with E-state index in [0.29, 0.717) is 41.2 Å². The second-order valence-corrected chi connectivity index (χ2v) is 12.2. The molecular weight excluding hydrogens is 543 g/mol. The SMILES string of the molecule is CC(=O)c1nn(CC(=O)N2[C@@H]3C[C@@H]3C[C@H]2C(=O)N[C@H](C)C2CC2(Cl)Cl)c2ccc(OCc3ncccn3)cc12. The number of ether oxygens (including phenoxy) is 1. The number of rotatable bonds is 9. The lowest BCUT2D eigenvalue weighted by Crippen LogP contribution is -2.51. The smallest absolute Gasteiger partial charge is 0.245 e. The van der Waals surface area contributed by atoms with E-state index in [4.69, 9.17) is 27.9 Å². The summed E-state index contributed by atoms with van der Waals surface area (Å²) in [4.78, 5) is 49.1. The van der Waals surface area contributed by atoms with E-state index in [1.54, 1.807) is 41.6 Å². The van der Waals surface area contributed by atoms with Gasteiger partial charge in [0.25, 0.3) is 0 Å². The van der Waals surface area contributed by atoms with Crippen LogP contribution in [0.5, 0.6) is 5.75 Å². The summed E-state index contributed by atoms with van der Waals surface area (Å²) in [6, 6.07) is 6.33. The minimum absolute atomic E-state index is 0.000553. The van der Waals surface area contributed by atoms with Gasteiger partial charge in [-0.3, -0.25) is 19.1 Å². The number of aromatic nitrogens is 4. The predicted octanol–water partition coefficient (Wildman–Crippen LogP) is 3.30. The zero-order chi connectivity index (χ0) is 27.5. The first-order chi connectivity index (χ1) is 18.6. The van der Waals surface area contributed by atoms with Crippen LogP contribution in [-0.2, 0) is 22.7 Å². The van der Waals surface area contributed by atoms with Gasteiger partial charge in [0.15, 0.2) is 11.6 Å². The third-order valence-corrected chi connectivity index (χ3v) is 8.74. The van der Waals surface area contributed by atoms with Crippen LogP contribution in [0.15, 0.2) is 36.7 Å². The van der Waals surface area contributed by atoms with E-state index in [1.807, 2.05) is 6.92 Å². The maximum absolute atomic E-state index is 13.6. The molecule has 0 radical (unpaired) electrons. The molecular formula is C27H28Cl2N6O4. The topological polar surface area (TPSA) is 119 Å². The summed E-state index contributed by atoms with van der Waals surface area (Å²) in [6.07, 6.45) is 5.44. The molecule has 10 nitrogen and oxygen atoms in total. The number of likely N-dealkylation sites (tertiary alicyclic amines) is 1. The molecule has 3 heterocycles. The molecule has 5 atom stereocenters. The summed E-state index contributed by atoms with van der Waals surface area (Å²) in [5.74, 6) is 0.782. The molecule has 2 saturated carbocycles. The minimum Gasteiger partial charge on any atom is -0.486 e. The fraction of sp³-hybridized carbons (Fsp3) is 0.481. The van der Waals surface area contributed by atoms with Crippen LogP contribution >= 0.6 is 23.2 Å². The Morgan fingerprint density at radius 2 is 1.95 bits per heavy atom. The summed E-state index contributed by atoms with van der Waals surface area (Å²) in [7, 11) is 0. The summed E-state index contributed by atoms with van der Waals surface area (Å²) >= 11 is 12.3. The molecule has 2 amide bonds. The lowest BCUT2D eigenvalue weighted by Gasteiger charge is -2.28. The number of fused-ring (bicyclic) bond motifs is 2. The Labute approximate surface area is 235 Å². The number of Topliss-reactive ketones (excluding diaryl/α,β-unsaturated/α-hetero) is 1. The number of hydrogen-bond acceptors (Lipinski definition) is 7. The largest absolute Gasteiger partial charge is 0.486 e. The Morgan fingerprint density at radius 1 is 1.21 bits per heavy atom. The van der Waals surface area contributed by atoms with E-state index in [-0.39, 0.29) is 54.4 Å². The van der Waals surface area contributed by atoms with Crippen molar-refractivity contribution in [2.75, 3.05) is 0 Å². The van der Waals surface area contributed by atoms with Gasteiger partial charge in [-0.05, 0) is 56.4 Å². The lowest BCUT2D eigenvalue weighted by atomic mass is 10.1. The first kappa shape index (κ1) is 26.0. The minimum atomic E-state index is -0.796. The van der Waals surface area contributed by atoms with E-state index >= 15 is 0 Å². The number of alkyl halides is 2. The second kappa shape index (κ2) is 9.75. The lowest BCUT2D eigenvalue weighted by molar-refractivity contribution is -0.140. The number of carbonyl (C=O) groups is 3. The Morgan fingerprint density at radius 3 is 2.64 bits per heavy atom. The number of halogens is 2. The summed E-state index contributed by atoms with van der Waals surface area (Å²) < 4.78 is 6.56. The third-order valence-electron chi connectivity index (χ3n) is 7.87. The number of ketones is 1. The van der Waals surface area contributed by atoms with Crippen LogP contribution in [-0.4, -0.2) is 64.7 Å². The summed E-state index contributed by atoms with van der Waals surface area (Å²) in [5, 5.41) is 8.08. The standard InChI is InChI=1S/C27H28Cl2N6O4/c1-14(19-11-27(19,28)29)32-26(38)22-9-16-8-21(16)35(22)24(37)12-34-20-5-4-17(10-18(20)25(33-34)15(2)36)39-13-23-30-6-3-7-31-23/h3-7,10,14,16,19,21-22H,8-9,11-13H2,1-2H3,(H,32,38)/t14-,16-,19?,21-,22+/m1/s1. The molecule has 3 aliphatic rings. The molecule has 1 saturated heterocycles. The van der Waals surface area contributed by atoms with Crippen molar-refractivity contribution in [2.45, 2.75) is 68.7 Å². The highest BCUT2D eigenvalue weighted by atomic mass is 35.5. The van der Waals surface area contributed by atoms with Crippen molar-refractivity contribution >= 4 is 51.7 Å². The quantitative estimate of drug-likeness (QED) is 0.309. The van der Waals surface area contributed by atoms with Crippen LogP contribution in [0.25, 0.3) is 10.9 Å². The van der Waals surface area contributed by atoms with Crippen molar-refractivity contribution in [3.8, 4) is 5.75 Å². The molecule has 1 unspecified atom stereocenters. The molecule has 12 heteroatoms. The van der Waals surface area contributed by atoms with Gasteiger partial charge in [-0.25, -0.2) is 9.97 Å². The van der Waals surface area contributed by atoms with Gasteiger partial charge in [-0.2, -0.15) is 5.10 Å². The van der Waals surface area contributed by atoms with Crippen molar-refractivity contribution in [1.82, 2.24) is 30.0 Å². The van der Waals surface area contributed by atoms with Crippen molar-refractivity contribution in [3.63, 3.8) is 0 Å². The highest BCUT2D eigenvalue weighted by molar-refractivity contribution is 6.51. The van der Waals surface area contributed by atoms with E-state index in [0.717, 1.165) is 6.42 Å². The number of hydrogen-bond donors (Lipinski definition) is 1. The normalized spacial score (nSPS) is 25.2. The van der Waals surface area contributed by atoms with E-state index in [9.17, 15) is 14.4 Å². The first-order valence-electron chi connectivity index (χ1n) is 13.0. The highest BCUT2D eigenvalue weighted by Crippen LogP contribution is 2.55. The predicted molar refractivity (Wildman–Crippen MR) is 143 cm³/mol. The van der Waals surface area contributed by atoms with Gasteiger partial charge < -0.3 is 15.0 Å². The second-order valence-electron chi connectivity index (χ2n) is 10.7. The summed E-state index contributed by atoms with van der Waals surface area (Å²) in [6.45, 7) is 3.41. The van der Waals surface area contributed by atoms with Crippen molar-refractivity contribution < 1.29 is 19.1 Å². The van der Waals surface area contributed by atoms with Crippen LogP contribution in [0.2, 0.25) is 0 Å². The van der Waals surface area contributed by atoms with Crippen LogP contribution in [0, 0.1) is 11.8 Å². The Hall–Kier alpha value is -3.24. The zero-order valence-electron chi connectivity index (χ0n) is 21.5.